The fourth-order valence-electron chi connectivity index (χ4n) is 3.38. The molecule has 1 aliphatic rings. The van der Waals surface area contributed by atoms with Crippen LogP contribution in [0.2, 0.25) is 0 Å². The molecule has 0 bridgehead atoms. The molecule has 7 heteroatoms. The van der Waals surface area contributed by atoms with Crippen LogP contribution in [0.3, 0.4) is 0 Å². The number of nitrogens with zero attached hydrogens (tertiary/aromatic N) is 4. The summed E-state index contributed by atoms with van der Waals surface area (Å²) >= 11 is 1.54. The minimum atomic E-state index is -0.478. The maximum atomic E-state index is 6.29. The van der Waals surface area contributed by atoms with E-state index in [1.165, 1.54) is 22.9 Å². The Labute approximate surface area is 185 Å². The number of ether oxygens (including phenoxy) is 1. The van der Waals surface area contributed by atoms with Crippen molar-refractivity contribution in [2.24, 2.45) is 0 Å². The molecule has 1 aliphatic heterocycles. The van der Waals surface area contributed by atoms with Crippen molar-refractivity contribution >= 4 is 17.4 Å². The number of rotatable bonds is 4. The van der Waals surface area contributed by atoms with Gasteiger partial charge in [-0.15, -0.1) is 10.2 Å². The van der Waals surface area contributed by atoms with Gasteiger partial charge < -0.3 is 10.1 Å². The van der Waals surface area contributed by atoms with Gasteiger partial charge in [0.25, 0.3) is 0 Å². The zero-order valence-electron chi connectivity index (χ0n) is 17.2. The second-order valence-corrected chi connectivity index (χ2v) is 8.36. The summed E-state index contributed by atoms with van der Waals surface area (Å²) < 4.78 is 6.29. The van der Waals surface area contributed by atoms with E-state index in [-0.39, 0.29) is 0 Å². The van der Waals surface area contributed by atoms with Gasteiger partial charge in [-0.1, -0.05) is 65.9 Å². The van der Waals surface area contributed by atoms with E-state index in [4.69, 9.17) is 9.72 Å². The quantitative estimate of drug-likeness (QED) is 0.440. The van der Waals surface area contributed by atoms with E-state index in [1.807, 2.05) is 49.4 Å². The van der Waals surface area contributed by atoms with Crippen molar-refractivity contribution in [3.63, 3.8) is 0 Å². The minimum Gasteiger partial charge on any atom is -0.446 e. The molecule has 0 saturated carbocycles. The maximum absolute atomic E-state index is 6.29. The zero-order valence-corrected chi connectivity index (χ0v) is 18.1. The second-order valence-electron chi connectivity index (χ2n) is 7.41. The molecule has 0 amide bonds. The number of nitrogens with one attached hydrogen (secondary N) is 1. The van der Waals surface area contributed by atoms with Crippen LogP contribution < -0.4 is 10.1 Å². The first-order valence-electron chi connectivity index (χ1n) is 10.0. The highest BCUT2D eigenvalue weighted by Crippen LogP contribution is 2.39. The van der Waals surface area contributed by atoms with Crippen molar-refractivity contribution < 1.29 is 4.74 Å². The lowest BCUT2D eigenvalue weighted by atomic mass is 10.1. The first-order valence-corrected chi connectivity index (χ1v) is 11.0. The first-order chi connectivity index (χ1) is 15.2. The van der Waals surface area contributed by atoms with Crippen LogP contribution in [0, 0.1) is 13.8 Å². The number of fused-ring (bicyclic) bond motifs is 3. The lowest BCUT2D eigenvalue weighted by Gasteiger charge is -2.18. The number of para-hydroxylation sites is 1. The predicted molar refractivity (Wildman–Crippen MR) is 122 cm³/mol. The summed E-state index contributed by atoms with van der Waals surface area (Å²) in [6, 6.07) is 22.3. The lowest BCUT2D eigenvalue weighted by Crippen LogP contribution is -2.18. The van der Waals surface area contributed by atoms with Crippen LogP contribution in [0.4, 0.5) is 5.69 Å². The van der Waals surface area contributed by atoms with Crippen LogP contribution in [-0.2, 0) is 5.75 Å². The van der Waals surface area contributed by atoms with Gasteiger partial charge in [0.2, 0.25) is 17.3 Å². The van der Waals surface area contributed by atoms with Gasteiger partial charge in [0.15, 0.2) is 5.69 Å². The van der Waals surface area contributed by atoms with Crippen molar-refractivity contribution in [2.45, 2.75) is 31.0 Å². The van der Waals surface area contributed by atoms with E-state index in [9.17, 15) is 0 Å². The van der Waals surface area contributed by atoms with Crippen LogP contribution >= 0.6 is 11.8 Å². The molecule has 0 saturated heterocycles. The summed E-state index contributed by atoms with van der Waals surface area (Å²) in [7, 11) is 0. The summed E-state index contributed by atoms with van der Waals surface area (Å²) in [6.07, 6.45) is -0.478. The molecule has 0 spiro atoms. The third-order valence-corrected chi connectivity index (χ3v) is 5.91. The van der Waals surface area contributed by atoms with Crippen LogP contribution in [0.1, 0.15) is 28.7 Å². The number of hydrogen-bond acceptors (Lipinski definition) is 7. The van der Waals surface area contributed by atoms with E-state index in [0.29, 0.717) is 16.7 Å². The van der Waals surface area contributed by atoms with Crippen LogP contribution in [0.5, 0.6) is 5.88 Å². The SMILES string of the molecule is Cc1ccc(CSc2nnc3c(n2)OC(c2cccc(C)n2)Nc2ccccc2-3)cc1. The van der Waals surface area contributed by atoms with Crippen LogP contribution in [-0.4, -0.2) is 20.2 Å². The minimum absolute atomic E-state index is 0.451. The van der Waals surface area contributed by atoms with E-state index in [2.05, 4.69) is 51.7 Å². The normalized spacial score (nSPS) is 14.6. The monoisotopic (exact) mass is 427 g/mol. The molecule has 4 aromatic rings. The summed E-state index contributed by atoms with van der Waals surface area (Å²) in [5, 5.41) is 12.8. The molecule has 0 aliphatic carbocycles. The first kappa shape index (κ1) is 19.5. The molecule has 0 fully saturated rings. The average molecular weight is 428 g/mol. The molecular formula is C24H21N5OS. The van der Waals surface area contributed by atoms with Crippen molar-refractivity contribution in [1.29, 1.82) is 0 Å². The third kappa shape index (κ3) is 4.22. The van der Waals surface area contributed by atoms with Gasteiger partial charge in [-0.3, -0.25) is 4.98 Å². The van der Waals surface area contributed by atoms with E-state index >= 15 is 0 Å². The topological polar surface area (TPSA) is 72.8 Å². The van der Waals surface area contributed by atoms with E-state index in [1.54, 1.807) is 0 Å². The Morgan fingerprint density at radius 2 is 1.74 bits per heavy atom. The van der Waals surface area contributed by atoms with Gasteiger partial charge in [-0.25, -0.2) is 0 Å². The molecule has 1 N–H and O–H groups in total. The van der Waals surface area contributed by atoms with Crippen molar-refractivity contribution in [1.82, 2.24) is 20.2 Å². The molecule has 1 unspecified atom stereocenters. The molecule has 31 heavy (non-hydrogen) atoms. The number of anilines is 1. The summed E-state index contributed by atoms with van der Waals surface area (Å²) in [6.45, 7) is 4.05. The van der Waals surface area contributed by atoms with Crippen molar-refractivity contribution in [2.75, 3.05) is 5.32 Å². The number of thioether (sulfide) groups is 1. The molecule has 2 aromatic carbocycles. The molecular weight excluding hydrogens is 406 g/mol. The number of benzene rings is 2. The molecule has 6 nitrogen and oxygen atoms in total. The van der Waals surface area contributed by atoms with Gasteiger partial charge in [0.05, 0.1) is 0 Å². The van der Waals surface area contributed by atoms with Gasteiger partial charge in [-0.05, 0) is 37.6 Å². The number of aromatic nitrogens is 4. The standard InChI is InChI=1S/C24H21N5OS/c1-15-10-12-17(13-11-15)14-31-24-27-23-21(28-29-24)18-7-3-4-8-19(18)26-22(30-23)20-9-5-6-16(2)25-20/h3-13,22,26H,14H2,1-2H3. The smallest absolute Gasteiger partial charge is 0.247 e. The van der Waals surface area contributed by atoms with Crippen molar-refractivity contribution in [3.05, 3.63) is 89.2 Å². The highest BCUT2D eigenvalue weighted by Gasteiger charge is 2.26. The van der Waals surface area contributed by atoms with Crippen molar-refractivity contribution in [3.8, 4) is 17.1 Å². The summed E-state index contributed by atoms with van der Waals surface area (Å²) in [5.41, 5.74) is 6.60. The Hall–Kier alpha value is -3.45. The largest absolute Gasteiger partial charge is 0.446 e. The molecule has 5 rings (SSSR count). The third-order valence-electron chi connectivity index (χ3n) is 5.00. The molecule has 154 valence electrons. The van der Waals surface area contributed by atoms with Crippen LogP contribution in [0.15, 0.2) is 71.9 Å². The highest BCUT2D eigenvalue weighted by atomic mass is 32.2. The Bertz CT molecular complexity index is 1230. The van der Waals surface area contributed by atoms with Gasteiger partial charge in [-0.2, -0.15) is 4.98 Å². The molecule has 3 heterocycles. The predicted octanol–water partition coefficient (Wildman–Crippen LogP) is 5.35. The van der Waals surface area contributed by atoms with Crippen LogP contribution in [0.25, 0.3) is 11.3 Å². The number of pyridine rings is 1. The van der Waals surface area contributed by atoms with E-state index in [0.717, 1.165) is 28.4 Å². The fraction of sp³-hybridized carbons (Fsp3) is 0.167. The molecule has 0 radical (unpaired) electrons. The Morgan fingerprint density at radius 1 is 0.903 bits per heavy atom. The second kappa shape index (κ2) is 8.35. The maximum Gasteiger partial charge on any atom is 0.247 e. The highest BCUT2D eigenvalue weighted by molar-refractivity contribution is 7.98. The Morgan fingerprint density at radius 3 is 2.58 bits per heavy atom. The average Bonchev–Trinajstić information content (AvgIpc) is 2.95. The Kier molecular flexibility index (Phi) is 5.26. The van der Waals surface area contributed by atoms with Gasteiger partial charge >= 0.3 is 0 Å². The fourth-order valence-corrected chi connectivity index (χ4v) is 4.12. The Balaban J connectivity index is 1.48. The lowest BCUT2D eigenvalue weighted by molar-refractivity contribution is 0.220. The number of hydrogen-bond donors (Lipinski definition) is 1. The molecule has 1 atom stereocenters. The van der Waals surface area contributed by atoms with E-state index < -0.39 is 6.23 Å². The summed E-state index contributed by atoms with van der Waals surface area (Å²) in [5.74, 6) is 1.21. The zero-order chi connectivity index (χ0) is 21.2. The van der Waals surface area contributed by atoms with Gasteiger partial charge in [0.1, 0.15) is 5.69 Å². The molecule has 2 aromatic heterocycles. The van der Waals surface area contributed by atoms with Gasteiger partial charge in [0, 0.05) is 22.7 Å². The number of aryl methyl sites for hydroxylation is 2. The summed E-state index contributed by atoms with van der Waals surface area (Å²) in [4.78, 5) is 9.34.